The van der Waals surface area contributed by atoms with E-state index in [9.17, 15) is 4.79 Å². The molecule has 0 heterocycles. The summed E-state index contributed by atoms with van der Waals surface area (Å²) >= 11 is 0. The molecule has 0 aliphatic heterocycles. The third kappa shape index (κ3) is 3.56. The van der Waals surface area contributed by atoms with Gasteiger partial charge in [-0.2, -0.15) is 0 Å². The van der Waals surface area contributed by atoms with Gasteiger partial charge in [0.15, 0.2) is 0 Å². The maximum Gasteiger partial charge on any atom is 0.254 e. The Kier molecular flexibility index (Phi) is 5.16. The van der Waals surface area contributed by atoms with Crippen LogP contribution in [-0.4, -0.2) is 30.4 Å². The molecule has 1 rings (SSSR count). The van der Waals surface area contributed by atoms with E-state index in [4.69, 9.17) is 5.73 Å². The Morgan fingerprint density at radius 2 is 2.06 bits per heavy atom. The summed E-state index contributed by atoms with van der Waals surface area (Å²) in [7, 11) is 0. The molecule has 0 atom stereocenters. The van der Waals surface area contributed by atoms with Gasteiger partial charge in [-0.25, -0.2) is 0 Å². The van der Waals surface area contributed by atoms with Gasteiger partial charge < -0.3 is 10.6 Å². The van der Waals surface area contributed by atoms with E-state index in [2.05, 4.69) is 0 Å². The molecule has 0 aromatic heterocycles. The monoisotopic (exact) mass is 234 g/mol. The Balaban J connectivity index is 2.89. The van der Waals surface area contributed by atoms with Gasteiger partial charge in [0.05, 0.1) is 0 Å². The Morgan fingerprint density at radius 1 is 1.35 bits per heavy atom. The molecule has 2 N–H and O–H groups in total. The Labute approximate surface area is 104 Å². The van der Waals surface area contributed by atoms with E-state index in [1.165, 1.54) is 0 Å². The van der Waals surface area contributed by atoms with Crippen LogP contribution in [0.2, 0.25) is 0 Å². The molecule has 0 aliphatic carbocycles. The summed E-state index contributed by atoms with van der Waals surface area (Å²) in [5.41, 5.74) is 8.45. The highest BCUT2D eigenvalue weighted by atomic mass is 16.2. The second-order valence-corrected chi connectivity index (χ2v) is 4.35. The summed E-state index contributed by atoms with van der Waals surface area (Å²) in [6, 6.07) is 5.99. The lowest BCUT2D eigenvalue weighted by molar-refractivity contribution is 0.0763. The quantitative estimate of drug-likeness (QED) is 0.848. The van der Waals surface area contributed by atoms with Crippen LogP contribution in [0.15, 0.2) is 18.2 Å². The van der Waals surface area contributed by atoms with E-state index in [1.807, 2.05) is 43.9 Å². The van der Waals surface area contributed by atoms with Crippen LogP contribution in [0.5, 0.6) is 0 Å². The SMILES string of the molecule is CCN(CCCN)C(=O)c1cc(C)ccc1C. The second-order valence-electron chi connectivity index (χ2n) is 4.35. The highest BCUT2D eigenvalue weighted by molar-refractivity contribution is 5.95. The molecule has 1 aromatic rings. The number of nitrogens with zero attached hydrogens (tertiary/aromatic N) is 1. The van der Waals surface area contributed by atoms with Crippen LogP contribution in [0.25, 0.3) is 0 Å². The first-order valence-corrected chi connectivity index (χ1v) is 6.16. The molecule has 0 spiro atoms. The number of hydrogen-bond donors (Lipinski definition) is 1. The largest absolute Gasteiger partial charge is 0.339 e. The van der Waals surface area contributed by atoms with Crippen LogP contribution < -0.4 is 5.73 Å². The van der Waals surface area contributed by atoms with Gasteiger partial charge in [0, 0.05) is 18.7 Å². The Morgan fingerprint density at radius 3 is 2.65 bits per heavy atom. The average Bonchev–Trinajstić information content (AvgIpc) is 2.33. The third-order valence-corrected chi connectivity index (χ3v) is 2.92. The van der Waals surface area contributed by atoms with Crippen molar-refractivity contribution >= 4 is 5.91 Å². The van der Waals surface area contributed by atoms with E-state index in [0.717, 1.165) is 36.2 Å². The molecule has 1 aromatic carbocycles. The summed E-state index contributed by atoms with van der Waals surface area (Å²) in [6.07, 6.45) is 0.852. The van der Waals surface area contributed by atoms with Gasteiger partial charge >= 0.3 is 0 Å². The Bertz CT molecular complexity index is 388. The molecule has 0 fully saturated rings. The molecule has 3 heteroatoms. The van der Waals surface area contributed by atoms with E-state index in [0.29, 0.717) is 6.54 Å². The minimum absolute atomic E-state index is 0.113. The zero-order chi connectivity index (χ0) is 12.8. The van der Waals surface area contributed by atoms with Crippen molar-refractivity contribution in [3.8, 4) is 0 Å². The van der Waals surface area contributed by atoms with Gasteiger partial charge in [-0.15, -0.1) is 0 Å². The van der Waals surface area contributed by atoms with Crippen molar-refractivity contribution in [2.75, 3.05) is 19.6 Å². The third-order valence-electron chi connectivity index (χ3n) is 2.92. The van der Waals surface area contributed by atoms with Gasteiger partial charge in [-0.05, 0) is 45.4 Å². The van der Waals surface area contributed by atoms with Crippen molar-refractivity contribution in [2.24, 2.45) is 5.73 Å². The molecular formula is C14H22N2O. The van der Waals surface area contributed by atoms with Crippen molar-refractivity contribution in [1.29, 1.82) is 0 Å². The van der Waals surface area contributed by atoms with Crippen molar-refractivity contribution in [3.05, 3.63) is 34.9 Å². The smallest absolute Gasteiger partial charge is 0.254 e. The van der Waals surface area contributed by atoms with Crippen LogP contribution in [-0.2, 0) is 0 Å². The highest BCUT2D eigenvalue weighted by Crippen LogP contribution is 2.13. The summed E-state index contributed by atoms with van der Waals surface area (Å²) < 4.78 is 0. The first-order chi connectivity index (χ1) is 8.10. The van der Waals surface area contributed by atoms with Crippen LogP contribution in [0.1, 0.15) is 34.8 Å². The lowest BCUT2D eigenvalue weighted by Gasteiger charge is -2.21. The normalized spacial score (nSPS) is 10.4. The fraction of sp³-hybridized carbons (Fsp3) is 0.500. The van der Waals surface area contributed by atoms with E-state index in [-0.39, 0.29) is 5.91 Å². The molecule has 0 unspecified atom stereocenters. The molecule has 17 heavy (non-hydrogen) atoms. The number of aryl methyl sites for hydroxylation is 2. The van der Waals surface area contributed by atoms with Gasteiger partial charge in [-0.3, -0.25) is 4.79 Å². The first-order valence-electron chi connectivity index (χ1n) is 6.16. The molecule has 0 aliphatic rings. The maximum atomic E-state index is 12.3. The molecule has 94 valence electrons. The fourth-order valence-corrected chi connectivity index (χ4v) is 1.82. The molecule has 0 saturated heterocycles. The number of benzene rings is 1. The van der Waals surface area contributed by atoms with E-state index in [1.54, 1.807) is 0 Å². The fourth-order valence-electron chi connectivity index (χ4n) is 1.82. The second kappa shape index (κ2) is 6.40. The number of hydrogen-bond acceptors (Lipinski definition) is 2. The summed E-state index contributed by atoms with van der Waals surface area (Å²) in [6.45, 7) is 8.07. The predicted octanol–water partition coefficient (Wildman–Crippen LogP) is 2.11. The van der Waals surface area contributed by atoms with Crippen LogP contribution in [0.3, 0.4) is 0 Å². The Hall–Kier alpha value is -1.35. The molecular weight excluding hydrogens is 212 g/mol. The first kappa shape index (κ1) is 13.7. The highest BCUT2D eigenvalue weighted by Gasteiger charge is 2.15. The zero-order valence-electron chi connectivity index (χ0n) is 11.0. The van der Waals surface area contributed by atoms with Gasteiger partial charge in [-0.1, -0.05) is 17.7 Å². The average molecular weight is 234 g/mol. The van der Waals surface area contributed by atoms with Crippen LogP contribution in [0, 0.1) is 13.8 Å². The minimum atomic E-state index is 0.113. The molecule has 3 nitrogen and oxygen atoms in total. The minimum Gasteiger partial charge on any atom is -0.339 e. The van der Waals surface area contributed by atoms with Crippen molar-refractivity contribution in [1.82, 2.24) is 4.90 Å². The standard InChI is InChI=1S/C14H22N2O/c1-4-16(9-5-8-15)14(17)13-10-11(2)6-7-12(13)3/h6-7,10H,4-5,8-9,15H2,1-3H3. The van der Waals surface area contributed by atoms with E-state index >= 15 is 0 Å². The lowest BCUT2D eigenvalue weighted by Crippen LogP contribution is -2.33. The summed E-state index contributed by atoms with van der Waals surface area (Å²) in [5.74, 6) is 0.113. The number of carbonyl (C=O) groups is 1. The summed E-state index contributed by atoms with van der Waals surface area (Å²) in [5, 5.41) is 0. The van der Waals surface area contributed by atoms with E-state index < -0.39 is 0 Å². The van der Waals surface area contributed by atoms with Crippen LogP contribution >= 0.6 is 0 Å². The number of nitrogens with two attached hydrogens (primary N) is 1. The molecule has 0 saturated carbocycles. The molecule has 0 bridgehead atoms. The van der Waals surface area contributed by atoms with Crippen molar-refractivity contribution in [3.63, 3.8) is 0 Å². The van der Waals surface area contributed by atoms with Crippen molar-refractivity contribution in [2.45, 2.75) is 27.2 Å². The van der Waals surface area contributed by atoms with Gasteiger partial charge in [0.25, 0.3) is 5.91 Å². The van der Waals surface area contributed by atoms with Crippen molar-refractivity contribution < 1.29 is 4.79 Å². The molecule has 0 radical (unpaired) electrons. The van der Waals surface area contributed by atoms with Gasteiger partial charge in [0.2, 0.25) is 0 Å². The number of rotatable bonds is 5. The van der Waals surface area contributed by atoms with Crippen LogP contribution in [0.4, 0.5) is 0 Å². The predicted molar refractivity (Wildman–Crippen MR) is 71.2 cm³/mol. The maximum absolute atomic E-state index is 12.3. The number of amides is 1. The zero-order valence-corrected chi connectivity index (χ0v) is 11.0. The van der Waals surface area contributed by atoms with Gasteiger partial charge in [0.1, 0.15) is 0 Å². The number of carbonyl (C=O) groups excluding carboxylic acids is 1. The molecule has 1 amide bonds. The summed E-state index contributed by atoms with van der Waals surface area (Å²) in [4.78, 5) is 14.2. The lowest BCUT2D eigenvalue weighted by atomic mass is 10.0. The topological polar surface area (TPSA) is 46.3 Å².